The molecule has 0 spiro atoms. The number of aryl methyl sites for hydroxylation is 2. The number of rotatable bonds is 6. The van der Waals surface area contributed by atoms with Crippen molar-refractivity contribution in [3.8, 4) is 0 Å². The van der Waals surface area contributed by atoms with Crippen molar-refractivity contribution in [2.45, 2.75) is 40.5 Å². The molecular weight excluding hydrogens is 282 g/mol. The summed E-state index contributed by atoms with van der Waals surface area (Å²) in [7, 11) is 0. The van der Waals surface area contributed by atoms with Gasteiger partial charge in [-0.05, 0) is 38.2 Å². The van der Waals surface area contributed by atoms with Gasteiger partial charge in [-0.2, -0.15) is 0 Å². The number of aromatic nitrogens is 2. The summed E-state index contributed by atoms with van der Waals surface area (Å²) in [5.41, 5.74) is 2.20. The third-order valence-corrected chi connectivity index (χ3v) is 3.73. The van der Waals surface area contributed by atoms with Gasteiger partial charge in [-0.25, -0.2) is 4.98 Å². The van der Waals surface area contributed by atoms with E-state index >= 15 is 0 Å². The largest absolute Gasteiger partial charge is 0.396 e. The number of fused-ring (bicyclic) bond motifs is 1. The van der Waals surface area contributed by atoms with Crippen LogP contribution in [0.15, 0.2) is 10.6 Å². The zero-order valence-electron chi connectivity index (χ0n) is 13.6. The highest BCUT2D eigenvalue weighted by Crippen LogP contribution is 2.22. The van der Waals surface area contributed by atoms with Crippen LogP contribution in [0.4, 0.5) is 0 Å². The first kappa shape index (κ1) is 16.4. The number of aliphatic hydroxyl groups excluding tert-OH is 1. The van der Waals surface area contributed by atoms with Gasteiger partial charge in [0.25, 0.3) is 11.6 Å². The number of nitrogens with one attached hydrogen (secondary N) is 1. The Morgan fingerprint density at radius 1 is 1.41 bits per heavy atom. The number of pyridine rings is 1. The average Bonchev–Trinajstić information content (AvgIpc) is 2.84. The van der Waals surface area contributed by atoms with Crippen LogP contribution in [0.5, 0.6) is 0 Å². The van der Waals surface area contributed by atoms with Crippen LogP contribution in [-0.4, -0.2) is 34.3 Å². The van der Waals surface area contributed by atoms with Crippen molar-refractivity contribution in [1.29, 1.82) is 0 Å². The van der Waals surface area contributed by atoms with Crippen LogP contribution in [0.1, 0.15) is 48.4 Å². The monoisotopic (exact) mass is 305 g/mol. The fraction of sp³-hybridized carbons (Fsp3) is 0.562. The molecule has 0 radical (unpaired) electrons. The molecule has 22 heavy (non-hydrogen) atoms. The lowest BCUT2D eigenvalue weighted by Gasteiger charge is -2.21. The lowest BCUT2D eigenvalue weighted by Crippen LogP contribution is -2.26. The van der Waals surface area contributed by atoms with Gasteiger partial charge < -0.3 is 14.9 Å². The van der Waals surface area contributed by atoms with Crippen LogP contribution in [0, 0.1) is 19.3 Å². The standard InChI is InChI=1S/C16H23N3O3/c1-10-8-12(13-11(2)19-22-15(13)18-10)14(21)17-7-5-6-16(3,4)9-20/h8,20H,5-7,9H2,1-4H3,(H,17,21). The minimum absolute atomic E-state index is 0.115. The number of hydrogen-bond acceptors (Lipinski definition) is 5. The van der Waals surface area contributed by atoms with E-state index in [1.165, 1.54) is 0 Å². The molecule has 120 valence electrons. The van der Waals surface area contributed by atoms with E-state index in [9.17, 15) is 9.90 Å². The zero-order valence-corrected chi connectivity index (χ0v) is 13.6. The summed E-state index contributed by atoms with van der Waals surface area (Å²) in [5, 5.41) is 16.7. The van der Waals surface area contributed by atoms with E-state index < -0.39 is 0 Å². The number of nitrogens with zero attached hydrogens (tertiary/aromatic N) is 2. The fourth-order valence-electron chi connectivity index (χ4n) is 2.34. The number of carbonyl (C=O) groups excluding carboxylic acids is 1. The summed E-state index contributed by atoms with van der Waals surface area (Å²) in [6.07, 6.45) is 1.66. The number of carbonyl (C=O) groups is 1. The van der Waals surface area contributed by atoms with Gasteiger partial charge in [0.15, 0.2) is 0 Å². The molecule has 1 amide bonds. The van der Waals surface area contributed by atoms with Crippen molar-refractivity contribution in [1.82, 2.24) is 15.5 Å². The molecule has 0 aliphatic rings. The first-order valence-corrected chi connectivity index (χ1v) is 7.47. The van der Waals surface area contributed by atoms with Crippen LogP contribution < -0.4 is 5.32 Å². The Balaban J connectivity index is 2.06. The van der Waals surface area contributed by atoms with E-state index in [4.69, 9.17) is 4.52 Å². The van der Waals surface area contributed by atoms with Gasteiger partial charge in [0.05, 0.1) is 16.6 Å². The van der Waals surface area contributed by atoms with Crippen molar-refractivity contribution in [2.75, 3.05) is 13.2 Å². The van der Waals surface area contributed by atoms with E-state index in [1.54, 1.807) is 13.0 Å². The highest BCUT2D eigenvalue weighted by molar-refractivity contribution is 6.05. The molecule has 0 aliphatic heterocycles. The molecule has 0 atom stereocenters. The molecule has 2 heterocycles. The Kier molecular flexibility index (Phi) is 4.81. The van der Waals surface area contributed by atoms with Crippen LogP contribution in [0.2, 0.25) is 0 Å². The number of aliphatic hydroxyl groups is 1. The van der Waals surface area contributed by atoms with Gasteiger partial charge in [0.2, 0.25) is 0 Å². The maximum absolute atomic E-state index is 12.4. The summed E-state index contributed by atoms with van der Waals surface area (Å²) < 4.78 is 5.14. The summed E-state index contributed by atoms with van der Waals surface area (Å²) in [6, 6.07) is 1.75. The molecule has 0 aliphatic carbocycles. The first-order valence-electron chi connectivity index (χ1n) is 7.47. The smallest absolute Gasteiger partial charge is 0.258 e. The minimum atomic E-state index is -0.149. The van der Waals surface area contributed by atoms with Crippen molar-refractivity contribution >= 4 is 17.0 Å². The number of hydrogen-bond donors (Lipinski definition) is 2. The molecule has 2 aromatic heterocycles. The molecule has 2 aromatic rings. The van der Waals surface area contributed by atoms with Gasteiger partial charge >= 0.3 is 0 Å². The van der Waals surface area contributed by atoms with Gasteiger partial charge in [-0.3, -0.25) is 4.79 Å². The predicted octanol–water partition coefficient (Wildman–Crippen LogP) is 2.37. The van der Waals surface area contributed by atoms with E-state index in [2.05, 4.69) is 15.5 Å². The molecule has 0 bridgehead atoms. The Bertz CT molecular complexity index is 677. The quantitative estimate of drug-likeness (QED) is 0.800. The second-order valence-corrected chi connectivity index (χ2v) is 6.44. The van der Waals surface area contributed by atoms with E-state index in [-0.39, 0.29) is 17.9 Å². The molecule has 6 heteroatoms. The molecule has 6 nitrogen and oxygen atoms in total. The van der Waals surface area contributed by atoms with Crippen molar-refractivity contribution in [3.05, 3.63) is 23.0 Å². The van der Waals surface area contributed by atoms with Crippen LogP contribution in [0.25, 0.3) is 11.1 Å². The Morgan fingerprint density at radius 2 is 2.14 bits per heavy atom. The normalized spacial score (nSPS) is 11.9. The second-order valence-electron chi connectivity index (χ2n) is 6.44. The molecule has 0 aromatic carbocycles. The van der Waals surface area contributed by atoms with Crippen LogP contribution in [0.3, 0.4) is 0 Å². The molecule has 0 unspecified atom stereocenters. The molecule has 0 saturated carbocycles. The maximum atomic E-state index is 12.4. The lowest BCUT2D eigenvalue weighted by molar-refractivity contribution is 0.0950. The SMILES string of the molecule is Cc1cc(C(=O)NCCCC(C)(C)CO)c2c(C)noc2n1. The topological polar surface area (TPSA) is 88.2 Å². The van der Waals surface area contributed by atoms with Gasteiger partial charge in [-0.1, -0.05) is 19.0 Å². The Morgan fingerprint density at radius 3 is 2.82 bits per heavy atom. The average molecular weight is 305 g/mol. The Labute approximate surface area is 129 Å². The number of amides is 1. The Hall–Kier alpha value is -1.95. The van der Waals surface area contributed by atoms with E-state index in [1.807, 2.05) is 20.8 Å². The summed E-state index contributed by atoms with van der Waals surface area (Å²) in [5.74, 6) is -0.149. The predicted molar refractivity (Wildman–Crippen MR) is 83.7 cm³/mol. The lowest BCUT2D eigenvalue weighted by atomic mass is 9.89. The second kappa shape index (κ2) is 6.44. The van der Waals surface area contributed by atoms with Crippen molar-refractivity contribution in [2.24, 2.45) is 5.41 Å². The summed E-state index contributed by atoms with van der Waals surface area (Å²) in [4.78, 5) is 16.6. The fourth-order valence-corrected chi connectivity index (χ4v) is 2.34. The highest BCUT2D eigenvalue weighted by atomic mass is 16.5. The summed E-state index contributed by atoms with van der Waals surface area (Å²) in [6.45, 7) is 8.33. The molecule has 2 rings (SSSR count). The molecule has 2 N–H and O–H groups in total. The van der Waals surface area contributed by atoms with Gasteiger partial charge in [-0.15, -0.1) is 0 Å². The molecular formula is C16H23N3O3. The van der Waals surface area contributed by atoms with Crippen LogP contribution in [-0.2, 0) is 0 Å². The molecule has 0 fully saturated rings. The highest BCUT2D eigenvalue weighted by Gasteiger charge is 2.18. The maximum Gasteiger partial charge on any atom is 0.258 e. The van der Waals surface area contributed by atoms with E-state index in [0.29, 0.717) is 28.9 Å². The zero-order chi connectivity index (χ0) is 16.3. The van der Waals surface area contributed by atoms with Crippen molar-refractivity contribution < 1.29 is 14.4 Å². The minimum Gasteiger partial charge on any atom is -0.396 e. The molecule has 0 saturated heterocycles. The van der Waals surface area contributed by atoms with Crippen LogP contribution >= 0.6 is 0 Å². The third kappa shape index (κ3) is 3.62. The third-order valence-electron chi connectivity index (χ3n) is 3.73. The van der Waals surface area contributed by atoms with E-state index in [0.717, 1.165) is 18.5 Å². The first-order chi connectivity index (χ1) is 10.3. The van der Waals surface area contributed by atoms with Crippen molar-refractivity contribution in [3.63, 3.8) is 0 Å². The van der Waals surface area contributed by atoms with Gasteiger partial charge in [0.1, 0.15) is 0 Å². The summed E-state index contributed by atoms with van der Waals surface area (Å²) >= 11 is 0. The van der Waals surface area contributed by atoms with Gasteiger partial charge in [0, 0.05) is 18.8 Å².